The molecule has 1 heterocycles. The molecule has 0 radical (unpaired) electrons. The number of likely N-dealkylation sites (tertiary alicyclic amines) is 1. The number of amides is 1. The van der Waals surface area contributed by atoms with Crippen LogP contribution in [-0.2, 0) is 9.59 Å². The Hall–Kier alpha value is -1.10. The van der Waals surface area contributed by atoms with Gasteiger partial charge < -0.3 is 15.3 Å². The Morgan fingerprint density at radius 3 is 2.53 bits per heavy atom. The first-order valence-electron chi connectivity index (χ1n) is 5.31. The van der Waals surface area contributed by atoms with Crippen LogP contribution in [0.2, 0.25) is 0 Å². The predicted octanol–water partition coefficient (Wildman–Crippen LogP) is 0.0616. The van der Waals surface area contributed by atoms with Gasteiger partial charge in [-0.15, -0.1) is 0 Å². The zero-order valence-electron chi connectivity index (χ0n) is 9.03. The third-order valence-electron chi connectivity index (χ3n) is 2.45. The highest BCUT2D eigenvalue weighted by molar-refractivity contribution is 5.93. The van der Waals surface area contributed by atoms with E-state index in [1.807, 2.05) is 6.92 Å². The summed E-state index contributed by atoms with van der Waals surface area (Å²) in [7, 11) is 0. The molecule has 0 spiro atoms. The minimum atomic E-state index is -1.08. The van der Waals surface area contributed by atoms with E-state index in [1.54, 1.807) is 0 Å². The minimum Gasteiger partial charge on any atom is -0.481 e. The highest BCUT2D eigenvalue weighted by Crippen LogP contribution is 2.07. The van der Waals surface area contributed by atoms with Crippen molar-refractivity contribution in [3.8, 4) is 0 Å². The van der Waals surface area contributed by atoms with Gasteiger partial charge in [0.15, 0.2) is 0 Å². The van der Waals surface area contributed by atoms with Crippen LogP contribution >= 0.6 is 0 Å². The fourth-order valence-corrected chi connectivity index (χ4v) is 1.86. The number of hydrogen-bond donors (Lipinski definition) is 2. The van der Waals surface area contributed by atoms with Gasteiger partial charge in [0.2, 0.25) is 5.91 Å². The SMILES string of the molecule is CC(CN1CCCC1)NC(=O)CC(=O)O. The first kappa shape index (κ1) is 12.0. The Labute approximate surface area is 89.4 Å². The van der Waals surface area contributed by atoms with E-state index >= 15 is 0 Å². The lowest BCUT2D eigenvalue weighted by Crippen LogP contribution is -2.41. The van der Waals surface area contributed by atoms with Gasteiger partial charge in [-0.3, -0.25) is 9.59 Å². The number of nitrogens with one attached hydrogen (secondary N) is 1. The van der Waals surface area contributed by atoms with Crippen molar-refractivity contribution < 1.29 is 14.7 Å². The Morgan fingerprint density at radius 1 is 1.40 bits per heavy atom. The van der Waals surface area contributed by atoms with Crippen molar-refractivity contribution in [3.05, 3.63) is 0 Å². The molecule has 0 aromatic heterocycles. The second-order valence-corrected chi connectivity index (χ2v) is 4.05. The largest absolute Gasteiger partial charge is 0.481 e. The third kappa shape index (κ3) is 4.78. The molecule has 0 aromatic rings. The van der Waals surface area contributed by atoms with Crippen LogP contribution in [0.3, 0.4) is 0 Å². The molecule has 5 heteroatoms. The molecule has 0 aliphatic carbocycles. The average molecular weight is 214 g/mol. The molecule has 0 bridgehead atoms. The topological polar surface area (TPSA) is 69.6 Å². The molecule has 1 aliphatic heterocycles. The van der Waals surface area contributed by atoms with Crippen LogP contribution in [0.5, 0.6) is 0 Å². The van der Waals surface area contributed by atoms with Gasteiger partial charge in [0.05, 0.1) is 0 Å². The zero-order valence-corrected chi connectivity index (χ0v) is 9.03. The molecule has 0 aromatic carbocycles. The Morgan fingerprint density at radius 2 is 2.00 bits per heavy atom. The van der Waals surface area contributed by atoms with Crippen LogP contribution in [-0.4, -0.2) is 47.6 Å². The number of nitrogens with zero attached hydrogens (tertiary/aromatic N) is 1. The molecule has 1 unspecified atom stereocenters. The summed E-state index contributed by atoms with van der Waals surface area (Å²) in [4.78, 5) is 23.7. The van der Waals surface area contributed by atoms with Crippen LogP contribution in [0.1, 0.15) is 26.2 Å². The fraction of sp³-hybridized carbons (Fsp3) is 0.800. The highest BCUT2D eigenvalue weighted by atomic mass is 16.4. The number of carboxylic acids is 1. The van der Waals surface area contributed by atoms with Gasteiger partial charge in [-0.2, -0.15) is 0 Å². The van der Waals surface area contributed by atoms with Crippen molar-refractivity contribution in [2.24, 2.45) is 0 Å². The van der Waals surface area contributed by atoms with E-state index in [2.05, 4.69) is 10.2 Å². The van der Waals surface area contributed by atoms with Gasteiger partial charge in [0.25, 0.3) is 0 Å². The second-order valence-electron chi connectivity index (χ2n) is 4.05. The molecule has 1 aliphatic rings. The van der Waals surface area contributed by atoms with Crippen LogP contribution < -0.4 is 5.32 Å². The lowest BCUT2D eigenvalue weighted by atomic mass is 10.3. The number of carbonyl (C=O) groups is 2. The summed E-state index contributed by atoms with van der Waals surface area (Å²) >= 11 is 0. The molecule has 1 fully saturated rings. The van der Waals surface area contributed by atoms with Gasteiger partial charge in [-0.25, -0.2) is 0 Å². The van der Waals surface area contributed by atoms with Gasteiger partial charge in [-0.1, -0.05) is 0 Å². The average Bonchev–Trinajstić information content (AvgIpc) is 2.53. The van der Waals surface area contributed by atoms with Crippen LogP contribution in [0.15, 0.2) is 0 Å². The number of carbonyl (C=O) groups excluding carboxylic acids is 1. The summed E-state index contributed by atoms with van der Waals surface area (Å²) < 4.78 is 0. The zero-order chi connectivity index (χ0) is 11.3. The van der Waals surface area contributed by atoms with Gasteiger partial charge in [-0.05, 0) is 32.9 Å². The first-order chi connectivity index (χ1) is 7.08. The van der Waals surface area contributed by atoms with E-state index in [-0.39, 0.29) is 6.04 Å². The highest BCUT2D eigenvalue weighted by Gasteiger charge is 2.16. The lowest BCUT2D eigenvalue weighted by molar-refractivity contribution is -0.140. The molecule has 5 nitrogen and oxygen atoms in total. The Bertz CT molecular complexity index is 237. The normalized spacial score (nSPS) is 18.7. The number of rotatable bonds is 5. The van der Waals surface area contributed by atoms with Crippen LogP contribution in [0.4, 0.5) is 0 Å². The molecule has 1 rings (SSSR count). The predicted molar refractivity (Wildman–Crippen MR) is 55.5 cm³/mol. The van der Waals surface area contributed by atoms with Crippen LogP contribution in [0.25, 0.3) is 0 Å². The van der Waals surface area contributed by atoms with Crippen molar-refractivity contribution in [2.75, 3.05) is 19.6 Å². The van der Waals surface area contributed by atoms with E-state index < -0.39 is 18.3 Å². The molecule has 1 saturated heterocycles. The summed E-state index contributed by atoms with van der Waals surface area (Å²) in [6.07, 6.45) is 2.00. The summed E-state index contributed by atoms with van der Waals surface area (Å²) in [5.74, 6) is -1.49. The van der Waals surface area contributed by atoms with Gasteiger partial charge >= 0.3 is 5.97 Å². The molecule has 2 N–H and O–H groups in total. The van der Waals surface area contributed by atoms with Crippen molar-refractivity contribution in [1.29, 1.82) is 0 Å². The van der Waals surface area contributed by atoms with Crippen molar-refractivity contribution >= 4 is 11.9 Å². The van der Waals surface area contributed by atoms with Crippen molar-refractivity contribution in [2.45, 2.75) is 32.2 Å². The Balaban J connectivity index is 2.19. The quantitative estimate of drug-likeness (QED) is 0.635. The molecule has 1 atom stereocenters. The van der Waals surface area contributed by atoms with Gasteiger partial charge in [0.1, 0.15) is 6.42 Å². The van der Waals surface area contributed by atoms with Crippen LogP contribution in [0, 0.1) is 0 Å². The van der Waals surface area contributed by atoms with Crippen molar-refractivity contribution in [1.82, 2.24) is 10.2 Å². The van der Waals surface area contributed by atoms with E-state index in [9.17, 15) is 9.59 Å². The smallest absolute Gasteiger partial charge is 0.312 e. The molecule has 0 saturated carbocycles. The third-order valence-corrected chi connectivity index (χ3v) is 2.45. The number of aliphatic carboxylic acids is 1. The maximum atomic E-state index is 11.1. The summed E-state index contributed by atoms with van der Waals surface area (Å²) in [6, 6.07) is 0.0231. The number of carboxylic acid groups (broad SMARTS) is 1. The maximum Gasteiger partial charge on any atom is 0.312 e. The lowest BCUT2D eigenvalue weighted by Gasteiger charge is -2.20. The molecular weight excluding hydrogens is 196 g/mol. The standard InChI is InChI=1S/C10H18N2O3/c1-8(7-12-4-2-3-5-12)11-9(13)6-10(14)15/h8H,2-7H2,1H3,(H,11,13)(H,14,15). The van der Waals surface area contributed by atoms with E-state index in [0.717, 1.165) is 19.6 Å². The Kier molecular flexibility index (Phi) is 4.55. The van der Waals surface area contributed by atoms with E-state index in [0.29, 0.717) is 0 Å². The fourth-order valence-electron chi connectivity index (χ4n) is 1.86. The van der Waals surface area contributed by atoms with E-state index in [4.69, 9.17) is 5.11 Å². The summed E-state index contributed by atoms with van der Waals surface area (Å²) in [6.45, 7) is 4.88. The summed E-state index contributed by atoms with van der Waals surface area (Å²) in [5, 5.41) is 11.1. The molecular formula is C10H18N2O3. The monoisotopic (exact) mass is 214 g/mol. The molecule has 15 heavy (non-hydrogen) atoms. The first-order valence-corrected chi connectivity index (χ1v) is 5.31. The maximum absolute atomic E-state index is 11.1. The number of hydrogen-bond acceptors (Lipinski definition) is 3. The van der Waals surface area contributed by atoms with E-state index in [1.165, 1.54) is 12.8 Å². The van der Waals surface area contributed by atoms with Crippen molar-refractivity contribution in [3.63, 3.8) is 0 Å². The molecule has 1 amide bonds. The summed E-state index contributed by atoms with van der Waals surface area (Å²) in [5.41, 5.74) is 0. The van der Waals surface area contributed by atoms with Gasteiger partial charge in [0, 0.05) is 12.6 Å². The molecule has 86 valence electrons. The second kappa shape index (κ2) is 5.70. The minimum absolute atomic E-state index is 0.0231.